The minimum Gasteiger partial charge on any atom is -0.459 e. The summed E-state index contributed by atoms with van der Waals surface area (Å²) in [4.78, 5) is 39.6. The first-order chi connectivity index (χ1) is 12.0. The zero-order valence-corrected chi connectivity index (χ0v) is 13.9. The number of rotatable bonds is 2. The van der Waals surface area contributed by atoms with Crippen LogP contribution in [0.3, 0.4) is 0 Å². The van der Waals surface area contributed by atoms with Gasteiger partial charge in [0.1, 0.15) is 0 Å². The number of hydrogen-bond acceptors (Lipinski definition) is 4. The summed E-state index contributed by atoms with van der Waals surface area (Å²) < 4.78 is 5.10. The Kier molecular flexibility index (Phi) is 4.83. The van der Waals surface area contributed by atoms with Crippen LogP contribution < -0.4 is 5.32 Å². The molecule has 130 valence electrons. The van der Waals surface area contributed by atoms with Crippen molar-refractivity contribution in [1.29, 1.82) is 0 Å². The Balaban J connectivity index is 1.53. The Morgan fingerprint density at radius 1 is 0.960 bits per heavy atom. The summed E-state index contributed by atoms with van der Waals surface area (Å²) in [6.45, 7) is 3.30. The third kappa shape index (κ3) is 3.88. The van der Waals surface area contributed by atoms with E-state index in [1.54, 1.807) is 29.2 Å². The third-order valence-corrected chi connectivity index (χ3v) is 4.09. The maximum atomic E-state index is 12.3. The second-order valence-electron chi connectivity index (χ2n) is 5.88. The minimum atomic E-state index is -0.672. The summed E-state index contributed by atoms with van der Waals surface area (Å²) in [5, 5.41) is 2.60. The second kappa shape index (κ2) is 7.21. The number of amides is 3. The lowest BCUT2D eigenvalue weighted by Crippen LogP contribution is -2.52. The number of benzene rings is 1. The first kappa shape index (κ1) is 16.8. The van der Waals surface area contributed by atoms with Crippen LogP contribution in [0, 0.1) is 6.92 Å². The van der Waals surface area contributed by atoms with E-state index in [9.17, 15) is 14.4 Å². The Morgan fingerprint density at radius 2 is 1.60 bits per heavy atom. The van der Waals surface area contributed by atoms with Gasteiger partial charge >= 0.3 is 11.8 Å². The number of hydrogen-bond donors (Lipinski definition) is 1. The first-order valence-electron chi connectivity index (χ1n) is 8.04. The largest absolute Gasteiger partial charge is 0.459 e. The molecular weight excluding hydrogens is 322 g/mol. The standard InChI is InChI=1S/C18H19N3O4/c1-13-4-6-14(7-5-13)19-16(22)18(24)21-10-8-20(9-11-21)17(23)15-3-2-12-25-15/h2-7,12H,8-11H2,1H3,(H,19,22). The van der Waals surface area contributed by atoms with Crippen LogP contribution in [0.4, 0.5) is 5.69 Å². The van der Waals surface area contributed by atoms with E-state index in [2.05, 4.69) is 5.32 Å². The molecule has 1 aromatic carbocycles. The molecule has 0 atom stereocenters. The van der Waals surface area contributed by atoms with E-state index in [4.69, 9.17) is 4.42 Å². The van der Waals surface area contributed by atoms with Crippen LogP contribution in [0.1, 0.15) is 16.1 Å². The number of anilines is 1. The van der Waals surface area contributed by atoms with Gasteiger partial charge in [-0.25, -0.2) is 0 Å². The molecule has 1 saturated heterocycles. The van der Waals surface area contributed by atoms with Gasteiger partial charge in [-0.2, -0.15) is 0 Å². The van der Waals surface area contributed by atoms with Gasteiger partial charge in [0.25, 0.3) is 5.91 Å². The van der Waals surface area contributed by atoms with E-state index < -0.39 is 11.8 Å². The number of nitrogens with zero attached hydrogens (tertiary/aromatic N) is 2. The monoisotopic (exact) mass is 341 g/mol. The van der Waals surface area contributed by atoms with Crippen molar-refractivity contribution in [2.75, 3.05) is 31.5 Å². The summed E-state index contributed by atoms with van der Waals surface area (Å²) in [6, 6.07) is 10.5. The topological polar surface area (TPSA) is 82.9 Å². The fourth-order valence-electron chi connectivity index (χ4n) is 2.63. The van der Waals surface area contributed by atoms with Crippen molar-refractivity contribution >= 4 is 23.4 Å². The minimum absolute atomic E-state index is 0.207. The summed E-state index contributed by atoms with van der Waals surface area (Å²) in [5.41, 5.74) is 1.65. The summed E-state index contributed by atoms with van der Waals surface area (Å²) in [6.07, 6.45) is 1.45. The van der Waals surface area contributed by atoms with Crippen molar-refractivity contribution < 1.29 is 18.8 Å². The molecule has 0 unspecified atom stereocenters. The van der Waals surface area contributed by atoms with Gasteiger partial charge in [-0.05, 0) is 31.2 Å². The fourth-order valence-corrected chi connectivity index (χ4v) is 2.63. The SMILES string of the molecule is Cc1ccc(NC(=O)C(=O)N2CCN(C(=O)c3ccco3)CC2)cc1. The van der Waals surface area contributed by atoms with Crippen LogP contribution in [0.2, 0.25) is 0 Å². The molecule has 1 fully saturated rings. The maximum absolute atomic E-state index is 12.3. The lowest BCUT2D eigenvalue weighted by Gasteiger charge is -2.33. The van der Waals surface area contributed by atoms with E-state index >= 15 is 0 Å². The predicted molar refractivity (Wildman–Crippen MR) is 91.0 cm³/mol. The highest BCUT2D eigenvalue weighted by Gasteiger charge is 2.29. The summed E-state index contributed by atoms with van der Waals surface area (Å²) in [7, 11) is 0. The van der Waals surface area contributed by atoms with Gasteiger partial charge in [0, 0.05) is 31.9 Å². The van der Waals surface area contributed by atoms with Crippen LogP contribution in [0.15, 0.2) is 47.1 Å². The van der Waals surface area contributed by atoms with E-state index in [0.29, 0.717) is 31.9 Å². The van der Waals surface area contributed by atoms with Crippen molar-refractivity contribution in [3.05, 3.63) is 54.0 Å². The molecular formula is C18H19N3O4. The van der Waals surface area contributed by atoms with Gasteiger partial charge < -0.3 is 19.5 Å². The molecule has 2 aromatic rings. The number of piperazine rings is 1. The molecule has 3 rings (SSSR count). The quantitative estimate of drug-likeness (QED) is 0.840. The van der Waals surface area contributed by atoms with E-state index in [1.165, 1.54) is 11.2 Å². The van der Waals surface area contributed by atoms with E-state index in [-0.39, 0.29) is 11.7 Å². The van der Waals surface area contributed by atoms with Crippen molar-refractivity contribution in [2.45, 2.75) is 6.92 Å². The molecule has 2 heterocycles. The molecule has 25 heavy (non-hydrogen) atoms. The normalized spacial score (nSPS) is 14.3. The van der Waals surface area contributed by atoms with E-state index in [1.807, 2.05) is 19.1 Å². The number of furan rings is 1. The predicted octanol–water partition coefficient (Wildman–Crippen LogP) is 1.51. The lowest BCUT2D eigenvalue weighted by molar-refractivity contribution is -0.144. The lowest BCUT2D eigenvalue weighted by atomic mass is 10.2. The molecule has 1 aliphatic rings. The molecule has 0 saturated carbocycles. The van der Waals surface area contributed by atoms with Crippen molar-refractivity contribution in [3.8, 4) is 0 Å². The van der Waals surface area contributed by atoms with Gasteiger partial charge in [-0.15, -0.1) is 0 Å². The van der Waals surface area contributed by atoms with Crippen molar-refractivity contribution in [1.82, 2.24) is 9.80 Å². The van der Waals surface area contributed by atoms with Crippen LogP contribution >= 0.6 is 0 Å². The zero-order chi connectivity index (χ0) is 17.8. The first-order valence-corrected chi connectivity index (χ1v) is 8.04. The molecule has 1 aliphatic heterocycles. The molecule has 7 nitrogen and oxygen atoms in total. The third-order valence-electron chi connectivity index (χ3n) is 4.09. The van der Waals surface area contributed by atoms with Gasteiger partial charge in [0.05, 0.1) is 6.26 Å². The molecule has 3 amide bonds. The summed E-state index contributed by atoms with van der Waals surface area (Å²) in [5.74, 6) is -1.20. The molecule has 1 N–H and O–H groups in total. The van der Waals surface area contributed by atoms with Crippen LogP contribution in [0.5, 0.6) is 0 Å². The van der Waals surface area contributed by atoms with Gasteiger partial charge in [-0.3, -0.25) is 14.4 Å². The highest BCUT2D eigenvalue weighted by molar-refractivity contribution is 6.39. The van der Waals surface area contributed by atoms with Gasteiger partial charge in [-0.1, -0.05) is 17.7 Å². The van der Waals surface area contributed by atoms with Gasteiger partial charge in [0.2, 0.25) is 0 Å². The zero-order valence-electron chi connectivity index (χ0n) is 13.9. The average molecular weight is 341 g/mol. The van der Waals surface area contributed by atoms with Crippen LogP contribution in [0.25, 0.3) is 0 Å². The highest BCUT2D eigenvalue weighted by atomic mass is 16.3. The average Bonchev–Trinajstić information content (AvgIpc) is 3.17. The number of carbonyl (C=O) groups is 3. The molecule has 0 radical (unpaired) electrons. The number of aryl methyl sites for hydroxylation is 1. The Labute approximate surface area is 145 Å². The Hall–Kier alpha value is -3.09. The number of nitrogens with one attached hydrogen (secondary N) is 1. The van der Waals surface area contributed by atoms with Crippen LogP contribution in [-0.2, 0) is 9.59 Å². The molecule has 0 aliphatic carbocycles. The van der Waals surface area contributed by atoms with E-state index in [0.717, 1.165) is 5.56 Å². The summed E-state index contributed by atoms with van der Waals surface area (Å²) >= 11 is 0. The van der Waals surface area contributed by atoms with Crippen LogP contribution in [-0.4, -0.2) is 53.7 Å². The number of carbonyl (C=O) groups excluding carboxylic acids is 3. The van der Waals surface area contributed by atoms with Gasteiger partial charge in [0.15, 0.2) is 5.76 Å². The molecule has 1 aromatic heterocycles. The fraction of sp³-hybridized carbons (Fsp3) is 0.278. The maximum Gasteiger partial charge on any atom is 0.313 e. The smallest absolute Gasteiger partial charge is 0.313 e. The van der Waals surface area contributed by atoms with Crippen molar-refractivity contribution in [3.63, 3.8) is 0 Å². The second-order valence-corrected chi connectivity index (χ2v) is 5.88. The van der Waals surface area contributed by atoms with Crippen molar-refractivity contribution in [2.24, 2.45) is 0 Å². The highest BCUT2D eigenvalue weighted by Crippen LogP contribution is 2.11. The molecule has 0 spiro atoms. The Morgan fingerprint density at radius 3 is 2.20 bits per heavy atom. The molecule has 0 bridgehead atoms. The Bertz CT molecular complexity index is 760. The molecule has 7 heteroatoms.